The average molecular weight is 242 g/mol. The lowest BCUT2D eigenvalue weighted by Crippen LogP contribution is -2.44. The molecule has 0 aromatic carbocycles. The van der Waals surface area contributed by atoms with Crippen molar-refractivity contribution in [1.82, 2.24) is 10.6 Å². The van der Waals surface area contributed by atoms with Crippen LogP contribution in [-0.4, -0.2) is 37.2 Å². The summed E-state index contributed by atoms with van der Waals surface area (Å²) in [7, 11) is 0. The lowest BCUT2D eigenvalue weighted by Gasteiger charge is -2.23. The standard InChI is InChI=1S/C13H26N2O2/c1-4-6-11(2)15-12(16)9-14-10-13(3)7-5-8-17-13/h11,14H,4-10H2,1-3H3,(H,15,16). The van der Waals surface area contributed by atoms with Crippen LogP contribution in [0.4, 0.5) is 0 Å². The van der Waals surface area contributed by atoms with Crippen molar-refractivity contribution in [3.8, 4) is 0 Å². The van der Waals surface area contributed by atoms with Crippen LogP contribution in [0.2, 0.25) is 0 Å². The Morgan fingerprint density at radius 1 is 1.53 bits per heavy atom. The maximum Gasteiger partial charge on any atom is 0.234 e. The molecular weight excluding hydrogens is 216 g/mol. The number of ether oxygens (including phenoxy) is 1. The smallest absolute Gasteiger partial charge is 0.234 e. The molecule has 17 heavy (non-hydrogen) atoms. The summed E-state index contributed by atoms with van der Waals surface area (Å²) < 4.78 is 5.65. The lowest BCUT2D eigenvalue weighted by atomic mass is 10.0. The van der Waals surface area contributed by atoms with E-state index >= 15 is 0 Å². The Morgan fingerprint density at radius 3 is 2.88 bits per heavy atom. The molecule has 0 radical (unpaired) electrons. The third kappa shape index (κ3) is 5.50. The van der Waals surface area contributed by atoms with Crippen LogP contribution in [0.3, 0.4) is 0 Å². The van der Waals surface area contributed by atoms with E-state index in [1.807, 2.05) is 6.92 Å². The first kappa shape index (κ1) is 14.5. The van der Waals surface area contributed by atoms with E-state index in [1.54, 1.807) is 0 Å². The van der Waals surface area contributed by atoms with E-state index in [1.165, 1.54) is 0 Å². The fraction of sp³-hybridized carbons (Fsp3) is 0.923. The van der Waals surface area contributed by atoms with Gasteiger partial charge in [-0.3, -0.25) is 4.79 Å². The van der Waals surface area contributed by atoms with E-state index in [0.29, 0.717) is 6.54 Å². The van der Waals surface area contributed by atoms with Gasteiger partial charge in [0.25, 0.3) is 0 Å². The van der Waals surface area contributed by atoms with Crippen molar-refractivity contribution in [2.24, 2.45) is 0 Å². The Hall–Kier alpha value is -0.610. The van der Waals surface area contributed by atoms with Gasteiger partial charge in [0.2, 0.25) is 5.91 Å². The second kappa shape index (κ2) is 6.97. The summed E-state index contributed by atoms with van der Waals surface area (Å²) in [5.74, 6) is 0.0764. The number of carbonyl (C=O) groups excluding carboxylic acids is 1. The predicted octanol–water partition coefficient (Wildman–Crippen LogP) is 1.45. The summed E-state index contributed by atoms with van der Waals surface area (Å²) in [6.45, 7) is 8.25. The van der Waals surface area contributed by atoms with E-state index in [-0.39, 0.29) is 17.6 Å². The SMILES string of the molecule is CCCC(C)NC(=O)CNCC1(C)CCCO1. The van der Waals surface area contributed by atoms with Crippen molar-refractivity contribution < 1.29 is 9.53 Å². The van der Waals surface area contributed by atoms with Crippen LogP contribution in [0.1, 0.15) is 46.5 Å². The predicted molar refractivity (Wildman–Crippen MR) is 69.0 cm³/mol. The summed E-state index contributed by atoms with van der Waals surface area (Å²) in [6.07, 6.45) is 4.33. The Labute approximate surface area is 104 Å². The van der Waals surface area contributed by atoms with Crippen molar-refractivity contribution in [2.75, 3.05) is 19.7 Å². The van der Waals surface area contributed by atoms with Gasteiger partial charge in [-0.1, -0.05) is 13.3 Å². The minimum atomic E-state index is -0.0741. The first-order valence-corrected chi connectivity index (χ1v) is 6.70. The molecule has 4 heteroatoms. The zero-order valence-corrected chi connectivity index (χ0v) is 11.3. The minimum absolute atomic E-state index is 0.0741. The number of hydrogen-bond donors (Lipinski definition) is 2. The maximum absolute atomic E-state index is 11.6. The van der Waals surface area contributed by atoms with Crippen molar-refractivity contribution in [3.63, 3.8) is 0 Å². The molecule has 1 saturated heterocycles. The van der Waals surface area contributed by atoms with Gasteiger partial charge in [0.1, 0.15) is 0 Å². The van der Waals surface area contributed by atoms with Crippen LogP contribution in [0.5, 0.6) is 0 Å². The molecule has 0 spiro atoms. The van der Waals surface area contributed by atoms with Crippen LogP contribution in [-0.2, 0) is 9.53 Å². The number of amides is 1. The molecule has 0 aromatic rings. The van der Waals surface area contributed by atoms with Crippen molar-refractivity contribution in [1.29, 1.82) is 0 Å². The maximum atomic E-state index is 11.6. The number of carbonyl (C=O) groups is 1. The number of rotatable bonds is 7. The molecule has 0 aromatic heterocycles. The average Bonchev–Trinajstić information content (AvgIpc) is 2.65. The highest BCUT2D eigenvalue weighted by molar-refractivity contribution is 5.78. The molecule has 1 rings (SSSR count). The quantitative estimate of drug-likeness (QED) is 0.710. The molecule has 1 aliphatic rings. The molecule has 2 atom stereocenters. The Morgan fingerprint density at radius 2 is 2.29 bits per heavy atom. The molecule has 0 aliphatic carbocycles. The highest BCUT2D eigenvalue weighted by atomic mass is 16.5. The second-order valence-corrected chi connectivity index (χ2v) is 5.26. The van der Waals surface area contributed by atoms with Crippen molar-refractivity contribution >= 4 is 5.91 Å². The van der Waals surface area contributed by atoms with Crippen LogP contribution in [0.25, 0.3) is 0 Å². The highest BCUT2D eigenvalue weighted by Gasteiger charge is 2.29. The molecule has 0 saturated carbocycles. The van der Waals surface area contributed by atoms with Crippen LogP contribution in [0.15, 0.2) is 0 Å². The topological polar surface area (TPSA) is 50.4 Å². The van der Waals surface area contributed by atoms with E-state index in [0.717, 1.165) is 38.8 Å². The second-order valence-electron chi connectivity index (χ2n) is 5.26. The van der Waals surface area contributed by atoms with E-state index in [4.69, 9.17) is 4.74 Å². The fourth-order valence-electron chi connectivity index (χ4n) is 2.25. The van der Waals surface area contributed by atoms with E-state index in [9.17, 15) is 4.79 Å². The van der Waals surface area contributed by atoms with Crippen LogP contribution >= 0.6 is 0 Å². The zero-order chi connectivity index (χ0) is 12.7. The van der Waals surface area contributed by atoms with Gasteiger partial charge in [-0.2, -0.15) is 0 Å². The van der Waals surface area contributed by atoms with Gasteiger partial charge in [-0.15, -0.1) is 0 Å². The van der Waals surface area contributed by atoms with Crippen molar-refractivity contribution in [2.45, 2.75) is 58.1 Å². The molecule has 2 N–H and O–H groups in total. The zero-order valence-electron chi connectivity index (χ0n) is 11.3. The molecule has 1 amide bonds. The van der Waals surface area contributed by atoms with Gasteiger partial charge in [0.05, 0.1) is 12.1 Å². The molecule has 100 valence electrons. The van der Waals surface area contributed by atoms with Crippen molar-refractivity contribution in [3.05, 3.63) is 0 Å². The molecular formula is C13H26N2O2. The molecule has 1 heterocycles. The van der Waals surface area contributed by atoms with Gasteiger partial charge >= 0.3 is 0 Å². The Kier molecular flexibility index (Phi) is 5.92. The van der Waals surface area contributed by atoms with Gasteiger partial charge in [-0.25, -0.2) is 0 Å². The summed E-state index contributed by atoms with van der Waals surface area (Å²) in [6, 6.07) is 0.271. The summed E-state index contributed by atoms with van der Waals surface area (Å²) in [5.41, 5.74) is -0.0741. The Bertz CT molecular complexity index is 238. The third-order valence-corrected chi connectivity index (χ3v) is 3.21. The fourth-order valence-corrected chi connectivity index (χ4v) is 2.25. The summed E-state index contributed by atoms with van der Waals surface area (Å²) in [4.78, 5) is 11.6. The summed E-state index contributed by atoms with van der Waals surface area (Å²) in [5, 5.41) is 6.15. The van der Waals surface area contributed by atoms with Gasteiger partial charge < -0.3 is 15.4 Å². The molecule has 0 bridgehead atoms. The normalized spacial score (nSPS) is 25.8. The van der Waals surface area contributed by atoms with E-state index < -0.39 is 0 Å². The summed E-state index contributed by atoms with van der Waals surface area (Å²) >= 11 is 0. The molecule has 4 nitrogen and oxygen atoms in total. The first-order chi connectivity index (χ1) is 8.06. The molecule has 1 aliphatic heterocycles. The minimum Gasteiger partial charge on any atom is -0.374 e. The molecule has 1 fully saturated rings. The van der Waals surface area contributed by atoms with Gasteiger partial charge in [-0.05, 0) is 33.1 Å². The third-order valence-electron chi connectivity index (χ3n) is 3.21. The van der Waals surface area contributed by atoms with Gasteiger partial charge in [0.15, 0.2) is 0 Å². The Balaban J connectivity index is 2.11. The highest BCUT2D eigenvalue weighted by Crippen LogP contribution is 2.23. The monoisotopic (exact) mass is 242 g/mol. The van der Waals surface area contributed by atoms with Crippen LogP contribution in [0, 0.1) is 0 Å². The van der Waals surface area contributed by atoms with E-state index in [2.05, 4.69) is 24.5 Å². The largest absolute Gasteiger partial charge is 0.374 e. The first-order valence-electron chi connectivity index (χ1n) is 6.70. The lowest BCUT2D eigenvalue weighted by molar-refractivity contribution is -0.121. The number of hydrogen-bond acceptors (Lipinski definition) is 3. The van der Waals surface area contributed by atoms with Gasteiger partial charge in [0, 0.05) is 19.2 Å². The van der Waals surface area contributed by atoms with Crippen LogP contribution < -0.4 is 10.6 Å². The molecule has 2 unspecified atom stereocenters. The number of nitrogens with one attached hydrogen (secondary N) is 2.